The lowest BCUT2D eigenvalue weighted by Gasteiger charge is -2.11. The van der Waals surface area contributed by atoms with Crippen molar-refractivity contribution in [2.24, 2.45) is 5.92 Å². The van der Waals surface area contributed by atoms with E-state index < -0.39 is 0 Å². The molecule has 0 atom stereocenters. The fourth-order valence-corrected chi connectivity index (χ4v) is 1.95. The Morgan fingerprint density at radius 3 is 2.62 bits per heavy atom. The van der Waals surface area contributed by atoms with Gasteiger partial charge in [0.15, 0.2) is 5.11 Å². The second-order valence-corrected chi connectivity index (χ2v) is 5.90. The molecule has 132 valence electrons. The van der Waals surface area contributed by atoms with Crippen LogP contribution in [0.15, 0.2) is 24.3 Å². The SMILES string of the molecule is COc1ccc(/C=C/C(=O)NNC(=S)NCCC(C)C)c(OC)c1. The van der Waals surface area contributed by atoms with Crippen LogP contribution in [0.25, 0.3) is 6.08 Å². The number of hydrazine groups is 1. The summed E-state index contributed by atoms with van der Waals surface area (Å²) in [4.78, 5) is 11.8. The summed E-state index contributed by atoms with van der Waals surface area (Å²) in [7, 11) is 3.15. The Morgan fingerprint density at radius 1 is 1.25 bits per heavy atom. The van der Waals surface area contributed by atoms with Gasteiger partial charge in [-0.15, -0.1) is 0 Å². The van der Waals surface area contributed by atoms with Crippen LogP contribution in [0.3, 0.4) is 0 Å². The number of methoxy groups -OCH3 is 2. The lowest BCUT2D eigenvalue weighted by atomic mass is 10.1. The van der Waals surface area contributed by atoms with Gasteiger partial charge in [0.2, 0.25) is 0 Å². The monoisotopic (exact) mass is 351 g/mol. The molecule has 0 aromatic heterocycles. The van der Waals surface area contributed by atoms with E-state index in [9.17, 15) is 4.79 Å². The molecule has 0 bridgehead atoms. The van der Waals surface area contributed by atoms with E-state index in [4.69, 9.17) is 21.7 Å². The second-order valence-electron chi connectivity index (χ2n) is 5.49. The van der Waals surface area contributed by atoms with Gasteiger partial charge in [0.25, 0.3) is 5.91 Å². The first-order chi connectivity index (χ1) is 11.5. The number of carbonyl (C=O) groups excluding carboxylic acids is 1. The molecule has 0 unspecified atom stereocenters. The zero-order valence-electron chi connectivity index (χ0n) is 14.5. The third kappa shape index (κ3) is 7.32. The van der Waals surface area contributed by atoms with Crippen LogP contribution < -0.4 is 25.6 Å². The van der Waals surface area contributed by atoms with E-state index >= 15 is 0 Å². The molecule has 3 N–H and O–H groups in total. The van der Waals surface area contributed by atoms with Crippen molar-refractivity contribution in [3.8, 4) is 11.5 Å². The number of hydrogen-bond acceptors (Lipinski definition) is 4. The third-order valence-corrected chi connectivity index (χ3v) is 3.41. The number of ether oxygens (including phenoxy) is 2. The van der Waals surface area contributed by atoms with Crippen molar-refractivity contribution in [1.29, 1.82) is 0 Å². The summed E-state index contributed by atoms with van der Waals surface area (Å²) in [6.07, 6.45) is 4.06. The molecule has 0 radical (unpaired) electrons. The average Bonchev–Trinajstić information content (AvgIpc) is 2.57. The molecular formula is C17H25N3O3S. The van der Waals surface area contributed by atoms with Gasteiger partial charge in [-0.05, 0) is 42.8 Å². The summed E-state index contributed by atoms with van der Waals surface area (Å²) in [6.45, 7) is 5.04. The number of nitrogens with one attached hydrogen (secondary N) is 3. The van der Waals surface area contributed by atoms with Crippen LogP contribution >= 0.6 is 12.2 Å². The van der Waals surface area contributed by atoms with Crippen molar-refractivity contribution < 1.29 is 14.3 Å². The molecule has 0 aliphatic heterocycles. The minimum atomic E-state index is -0.319. The molecule has 1 amide bonds. The van der Waals surface area contributed by atoms with Crippen LogP contribution in [0.5, 0.6) is 11.5 Å². The molecule has 0 saturated carbocycles. The highest BCUT2D eigenvalue weighted by atomic mass is 32.1. The predicted molar refractivity (Wildman–Crippen MR) is 99.9 cm³/mol. The lowest BCUT2D eigenvalue weighted by Crippen LogP contribution is -2.46. The maximum Gasteiger partial charge on any atom is 0.262 e. The number of benzene rings is 1. The summed E-state index contributed by atoms with van der Waals surface area (Å²) in [6, 6.07) is 5.36. The zero-order valence-corrected chi connectivity index (χ0v) is 15.3. The molecule has 0 spiro atoms. The Balaban J connectivity index is 2.47. The number of hydrogen-bond donors (Lipinski definition) is 3. The Labute approximate surface area is 148 Å². The standard InChI is InChI=1S/C17H25N3O3S/c1-12(2)9-10-18-17(24)20-19-16(21)8-6-13-5-7-14(22-3)11-15(13)23-4/h5-8,11-12H,9-10H2,1-4H3,(H,19,21)(H2,18,20,24)/b8-6+. The van der Waals surface area contributed by atoms with Gasteiger partial charge in [-0.2, -0.15) is 0 Å². The van der Waals surface area contributed by atoms with E-state index in [0.717, 1.165) is 18.5 Å². The number of rotatable bonds is 7. The summed E-state index contributed by atoms with van der Waals surface area (Å²) < 4.78 is 10.4. The minimum absolute atomic E-state index is 0.319. The Hall–Kier alpha value is -2.28. The minimum Gasteiger partial charge on any atom is -0.497 e. The van der Waals surface area contributed by atoms with Crippen LogP contribution in [-0.4, -0.2) is 31.8 Å². The molecule has 24 heavy (non-hydrogen) atoms. The van der Waals surface area contributed by atoms with E-state index in [1.165, 1.54) is 6.08 Å². The Bertz CT molecular complexity index is 588. The second kappa shape index (κ2) is 10.5. The molecule has 0 fully saturated rings. The van der Waals surface area contributed by atoms with Gasteiger partial charge in [0.05, 0.1) is 14.2 Å². The molecule has 6 nitrogen and oxygen atoms in total. The smallest absolute Gasteiger partial charge is 0.262 e. The van der Waals surface area contributed by atoms with Crippen LogP contribution in [-0.2, 0) is 4.79 Å². The highest BCUT2D eigenvalue weighted by molar-refractivity contribution is 7.80. The first kappa shape index (κ1) is 19.8. The summed E-state index contributed by atoms with van der Waals surface area (Å²) in [5.41, 5.74) is 5.93. The molecule has 1 aromatic rings. The Morgan fingerprint density at radius 2 is 2.00 bits per heavy atom. The highest BCUT2D eigenvalue weighted by Gasteiger charge is 2.03. The third-order valence-electron chi connectivity index (χ3n) is 3.16. The van der Waals surface area contributed by atoms with Crippen LogP contribution in [0, 0.1) is 5.92 Å². The van der Waals surface area contributed by atoms with Crippen LogP contribution in [0.2, 0.25) is 0 Å². The average molecular weight is 351 g/mol. The van der Waals surface area contributed by atoms with Gasteiger partial charge >= 0.3 is 0 Å². The highest BCUT2D eigenvalue weighted by Crippen LogP contribution is 2.25. The normalized spacial score (nSPS) is 10.5. The van der Waals surface area contributed by atoms with Gasteiger partial charge in [-0.1, -0.05) is 13.8 Å². The van der Waals surface area contributed by atoms with E-state index in [0.29, 0.717) is 22.5 Å². The van der Waals surface area contributed by atoms with Crippen molar-refractivity contribution in [2.45, 2.75) is 20.3 Å². The Kier molecular flexibility index (Phi) is 8.64. The van der Waals surface area contributed by atoms with Crippen LogP contribution in [0.1, 0.15) is 25.8 Å². The van der Waals surface area contributed by atoms with Gasteiger partial charge < -0.3 is 14.8 Å². The molecule has 1 aromatic carbocycles. The maximum absolute atomic E-state index is 11.8. The van der Waals surface area contributed by atoms with Crippen molar-refractivity contribution >= 4 is 29.3 Å². The van der Waals surface area contributed by atoms with Gasteiger partial charge in [-0.25, -0.2) is 0 Å². The van der Waals surface area contributed by atoms with Crippen molar-refractivity contribution in [3.05, 3.63) is 29.8 Å². The molecule has 0 heterocycles. The molecule has 1 rings (SSSR count). The van der Waals surface area contributed by atoms with Gasteiger partial charge in [-0.3, -0.25) is 15.6 Å². The molecule has 0 aliphatic rings. The number of amides is 1. The molecule has 7 heteroatoms. The first-order valence-corrected chi connectivity index (χ1v) is 8.11. The van der Waals surface area contributed by atoms with Crippen molar-refractivity contribution in [2.75, 3.05) is 20.8 Å². The summed E-state index contributed by atoms with van der Waals surface area (Å²) in [5.74, 6) is 1.59. The first-order valence-electron chi connectivity index (χ1n) is 7.70. The molecule has 0 saturated heterocycles. The molecular weight excluding hydrogens is 326 g/mol. The number of thiocarbonyl (C=S) groups is 1. The van der Waals surface area contributed by atoms with E-state index in [1.54, 1.807) is 32.4 Å². The topological polar surface area (TPSA) is 71.6 Å². The predicted octanol–water partition coefficient (Wildman–Crippen LogP) is 2.26. The van der Waals surface area contributed by atoms with Gasteiger partial charge in [0.1, 0.15) is 11.5 Å². The van der Waals surface area contributed by atoms with Crippen LogP contribution in [0.4, 0.5) is 0 Å². The summed E-state index contributed by atoms with van der Waals surface area (Å²) in [5, 5.41) is 3.41. The zero-order chi connectivity index (χ0) is 17.9. The summed E-state index contributed by atoms with van der Waals surface area (Å²) >= 11 is 5.07. The van der Waals surface area contributed by atoms with Crippen molar-refractivity contribution in [1.82, 2.24) is 16.2 Å². The maximum atomic E-state index is 11.8. The molecule has 0 aliphatic carbocycles. The van der Waals surface area contributed by atoms with E-state index in [-0.39, 0.29) is 5.91 Å². The van der Waals surface area contributed by atoms with E-state index in [2.05, 4.69) is 30.0 Å². The van der Waals surface area contributed by atoms with E-state index in [1.807, 2.05) is 6.07 Å². The van der Waals surface area contributed by atoms with Crippen molar-refractivity contribution in [3.63, 3.8) is 0 Å². The fraction of sp³-hybridized carbons (Fsp3) is 0.412. The van der Waals surface area contributed by atoms with Gasteiger partial charge in [0, 0.05) is 24.3 Å². The fourth-order valence-electron chi connectivity index (χ4n) is 1.80. The number of carbonyl (C=O) groups is 1. The largest absolute Gasteiger partial charge is 0.497 e. The lowest BCUT2D eigenvalue weighted by molar-refractivity contribution is -0.116. The quantitative estimate of drug-likeness (QED) is 0.398.